The van der Waals surface area contributed by atoms with Crippen LogP contribution in [0.25, 0.3) is 10.9 Å². The zero-order valence-corrected chi connectivity index (χ0v) is 17.8. The highest BCUT2D eigenvalue weighted by atomic mass is 16.6. The minimum atomic E-state index is -0.578. The Bertz CT molecular complexity index is 1080. The molecule has 0 radical (unpaired) electrons. The lowest BCUT2D eigenvalue weighted by Gasteiger charge is -2.34. The van der Waals surface area contributed by atoms with Crippen molar-refractivity contribution in [1.29, 1.82) is 0 Å². The van der Waals surface area contributed by atoms with E-state index in [1.54, 1.807) is 24.0 Å². The number of aromatic amines is 1. The standard InChI is InChI=1S/C21H28N4O5/c1-5-25-18(27)15-9-8-13(11-16(15)23-19(25)28)17(26)22-14-7-6-10-24(12-14)20(29)30-21(2,3)4/h8-9,11,14H,5-7,10,12H2,1-4H3,(H,22,26)(H,23,28)/t14-/m0/s1. The Labute approximate surface area is 174 Å². The second kappa shape index (κ2) is 8.33. The van der Waals surface area contributed by atoms with Gasteiger partial charge in [0.15, 0.2) is 0 Å². The number of rotatable bonds is 3. The van der Waals surface area contributed by atoms with Crippen molar-refractivity contribution >= 4 is 22.9 Å². The Kier molecular flexibility index (Phi) is 6.00. The predicted molar refractivity (Wildman–Crippen MR) is 113 cm³/mol. The van der Waals surface area contributed by atoms with Crippen LogP contribution in [0.2, 0.25) is 0 Å². The highest BCUT2D eigenvalue weighted by Gasteiger charge is 2.28. The molecule has 2 N–H and O–H groups in total. The topological polar surface area (TPSA) is 114 Å². The first-order valence-electron chi connectivity index (χ1n) is 10.1. The van der Waals surface area contributed by atoms with Gasteiger partial charge in [0.25, 0.3) is 11.5 Å². The van der Waals surface area contributed by atoms with E-state index in [9.17, 15) is 19.2 Å². The molecule has 0 saturated carbocycles. The molecular weight excluding hydrogens is 388 g/mol. The number of aromatic nitrogens is 2. The number of hydrogen-bond acceptors (Lipinski definition) is 5. The van der Waals surface area contributed by atoms with Gasteiger partial charge in [0.2, 0.25) is 0 Å². The monoisotopic (exact) mass is 416 g/mol. The van der Waals surface area contributed by atoms with E-state index in [1.165, 1.54) is 6.07 Å². The quantitative estimate of drug-likeness (QED) is 0.793. The van der Waals surface area contributed by atoms with Crippen molar-refractivity contribution in [1.82, 2.24) is 19.8 Å². The Balaban J connectivity index is 1.74. The average Bonchev–Trinajstić information content (AvgIpc) is 2.66. The summed E-state index contributed by atoms with van der Waals surface area (Å²) in [6.07, 6.45) is 1.11. The van der Waals surface area contributed by atoms with E-state index in [0.717, 1.165) is 17.4 Å². The molecule has 0 unspecified atom stereocenters. The van der Waals surface area contributed by atoms with Gasteiger partial charge >= 0.3 is 11.8 Å². The fourth-order valence-corrected chi connectivity index (χ4v) is 3.54. The van der Waals surface area contributed by atoms with Gasteiger partial charge in [-0.3, -0.25) is 14.2 Å². The zero-order valence-electron chi connectivity index (χ0n) is 17.8. The summed E-state index contributed by atoms with van der Waals surface area (Å²) in [5.74, 6) is -0.326. The van der Waals surface area contributed by atoms with Crippen LogP contribution in [0.3, 0.4) is 0 Å². The van der Waals surface area contributed by atoms with Crippen molar-refractivity contribution in [3.05, 3.63) is 44.6 Å². The van der Waals surface area contributed by atoms with Crippen LogP contribution >= 0.6 is 0 Å². The van der Waals surface area contributed by atoms with Gasteiger partial charge < -0.3 is 19.9 Å². The first kappa shape index (κ1) is 21.6. The lowest BCUT2D eigenvalue weighted by atomic mass is 10.0. The summed E-state index contributed by atoms with van der Waals surface area (Å²) in [7, 11) is 0. The SMILES string of the molecule is CCn1c(=O)[nH]c2cc(C(=O)N[C@H]3CCCN(C(=O)OC(C)(C)C)C3)ccc2c1=O. The lowest BCUT2D eigenvalue weighted by molar-refractivity contribution is 0.0185. The van der Waals surface area contributed by atoms with Crippen LogP contribution in [0, 0.1) is 0 Å². The fraction of sp³-hybridized carbons (Fsp3) is 0.524. The first-order valence-corrected chi connectivity index (χ1v) is 10.1. The molecule has 9 nitrogen and oxygen atoms in total. The number of hydrogen-bond donors (Lipinski definition) is 2. The number of amides is 2. The summed E-state index contributed by atoms with van der Waals surface area (Å²) >= 11 is 0. The number of nitrogens with one attached hydrogen (secondary N) is 2. The van der Waals surface area contributed by atoms with Gasteiger partial charge in [0.1, 0.15) is 5.60 Å². The third kappa shape index (κ3) is 4.72. The molecule has 162 valence electrons. The molecule has 2 heterocycles. The molecular formula is C21H28N4O5. The van der Waals surface area contributed by atoms with Crippen LogP contribution < -0.4 is 16.6 Å². The van der Waals surface area contributed by atoms with E-state index >= 15 is 0 Å². The minimum Gasteiger partial charge on any atom is -0.444 e. The molecule has 2 amide bonds. The van der Waals surface area contributed by atoms with E-state index in [-0.39, 0.29) is 24.1 Å². The van der Waals surface area contributed by atoms with Gasteiger partial charge in [-0.2, -0.15) is 0 Å². The second-order valence-electron chi connectivity index (χ2n) is 8.48. The number of fused-ring (bicyclic) bond motifs is 1. The fourth-order valence-electron chi connectivity index (χ4n) is 3.54. The third-order valence-corrected chi connectivity index (χ3v) is 4.97. The molecule has 3 rings (SSSR count). The summed E-state index contributed by atoms with van der Waals surface area (Å²) in [4.78, 5) is 53.7. The van der Waals surface area contributed by atoms with Gasteiger partial charge in [-0.15, -0.1) is 0 Å². The first-order chi connectivity index (χ1) is 14.1. The molecule has 9 heteroatoms. The predicted octanol–water partition coefficient (Wildman–Crippen LogP) is 1.84. The van der Waals surface area contributed by atoms with Gasteiger partial charge in [-0.25, -0.2) is 9.59 Å². The number of likely N-dealkylation sites (tertiary alicyclic amines) is 1. The van der Waals surface area contributed by atoms with Gasteiger partial charge in [0.05, 0.1) is 10.9 Å². The molecule has 0 aliphatic carbocycles. The Hall–Kier alpha value is -3.10. The normalized spacial score (nSPS) is 17.1. The average molecular weight is 416 g/mol. The molecule has 30 heavy (non-hydrogen) atoms. The van der Waals surface area contributed by atoms with Crippen LogP contribution in [0.5, 0.6) is 0 Å². The summed E-state index contributed by atoms with van der Waals surface area (Å²) in [5.41, 5.74) is -0.815. The molecule has 1 aliphatic heterocycles. The number of H-pyrrole nitrogens is 1. The summed E-state index contributed by atoms with van der Waals surface area (Å²) in [6.45, 7) is 8.38. The summed E-state index contributed by atoms with van der Waals surface area (Å²) in [6, 6.07) is 4.40. The number of ether oxygens (including phenoxy) is 1. The van der Waals surface area contributed by atoms with Crippen molar-refractivity contribution in [3.8, 4) is 0 Å². The van der Waals surface area contributed by atoms with E-state index in [1.807, 2.05) is 20.8 Å². The molecule has 1 aromatic heterocycles. The van der Waals surface area contributed by atoms with Crippen LogP contribution in [0.4, 0.5) is 4.79 Å². The van der Waals surface area contributed by atoms with Gasteiger partial charge in [0, 0.05) is 31.2 Å². The highest BCUT2D eigenvalue weighted by Crippen LogP contribution is 2.16. The van der Waals surface area contributed by atoms with Gasteiger partial charge in [-0.1, -0.05) is 0 Å². The smallest absolute Gasteiger partial charge is 0.410 e. The van der Waals surface area contributed by atoms with Crippen molar-refractivity contribution in [2.24, 2.45) is 0 Å². The highest BCUT2D eigenvalue weighted by molar-refractivity contribution is 5.97. The minimum absolute atomic E-state index is 0.207. The van der Waals surface area contributed by atoms with Crippen LogP contribution in [-0.4, -0.2) is 51.2 Å². The summed E-state index contributed by atoms with van der Waals surface area (Å²) < 4.78 is 6.52. The molecule has 1 fully saturated rings. The van der Waals surface area contributed by atoms with E-state index in [4.69, 9.17) is 4.74 Å². The van der Waals surface area contributed by atoms with Crippen molar-refractivity contribution in [2.75, 3.05) is 13.1 Å². The number of benzene rings is 1. The zero-order chi connectivity index (χ0) is 22.1. The maximum Gasteiger partial charge on any atom is 0.410 e. The number of piperidine rings is 1. The maximum atomic E-state index is 12.7. The largest absolute Gasteiger partial charge is 0.444 e. The number of carbonyl (C=O) groups excluding carboxylic acids is 2. The van der Waals surface area contributed by atoms with Crippen molar-refractivity contribution < 1.29 is 14.3 Å². The summed E-state index contributed by atoms with van der Waals surface area (Å²) in [5, 5.41) is 3.28. The molecule has 1 aromatic carbocycles. The van der Waals surface area contributed by atoms with Gasteiger partial charge in [-0.05, 0) is 58.7 Å². The molecule has 1 aliphatic rings. The molecule has 0 spiro atoms. The molecule has 2 aromatic rings. The van der Waals surface area contributed by atoms with Crippen LogP contribution in [0.15, 0.2) is 27.8 Å². The molecule has 1 saturated heterocycles. The Morgan fingerprint density at radius 3 is 2.67 bits per heavy atom. The molecule has 0 bridgehead atoms. The van der Waals surface area contributed by atoms with Crippen molar-refractivity contribution in [2.45, 2.75) is 58.7 Å². The number of carbonyl (C=O) groups is 2. The van der Waals surface area contributed by atoms with E-state index < -0.39 is 17.4 Å². The Morgan fingerprint density at radius 2 is 2.00 bits per heavy atom. The number of nitrogens with zero attached hydrogens (tertiary/aromatic N) is 2. The van der Waals surface area contributed by atoms with E-state index in [0.29, 0.717) is 29.6 Å². The lowest BCUT2D eigenvalue weighted by Crippen LogP contribution is -2.50. The van der Waals surface area contributed by atoms with Crippen LogP contribution in [0.1, 0.15) is 50.9 Å². The van der Waals surface area contributed by atoms with Crippen molar-refractivity contribution in [3.63, 3.8) is 0 Å². The van der Waals surface area contributed by atoms with Crippen LogP contribution in [-0.2, 0) is 11.3 Å². The Morgan fingerprint density at radius 1 is 1.27 bits per heavy atom. The van der Waals surface area contributed by atoms with E-state index in [2.05, 4.69) is 10.3 Å². The molecule has 1 atom stereocenters. The maximum absolute atomic E-state index is 12.7. The third-order valence-electron chi connectivity index (χ3n) is 4.97. The second-order valence-corrected chi connectivity index (χ2v) is 8.48.